The van der Waals surface area contributed by atoms with E-state index in [9.17, 15) is 4.79 Å². The van der Waals surface area contributed by atoms with Gasteiger partial charge in [0, 0.05) is 43.2 Å². The zero-order valence-corrected chi connectivity index (χ0v) is 24.2. The molecule has 0 aliphatic heterocycles. The number of carbonyl (C=O) groups excluding carboxylic acids is 1. The molecule has 4 rings (SSSR count). The van der Waals surface area contributed by atoms with Crippen molar-refractivity contribution in [1.82, 2.24) is 9.97 Å². The molecule has 1 amide bonds. The number of nitrogens with one attached hydrogen (secondary N) is 3. The second kappa shape index (κ2) is 15.2. The van der Waals surface area contributed by atoms with Crippen LogP contribution in [0.25, 0.3) is 11.0 Å². The average molecular weight is 549 g/mol. The Labute approximate surface area is 235 Å². The predicted octanol–water partition coefficient (Wildman–Crippen LogP) is 5.10. The van der Waals surface area contributed by atoms with Gasteiger partial charge in [0.25, 0.3) is 0 Å². The molecule has 0 aliphatic rings. The van der Waals surface area contributed by atoms with E-state index in [-0.39, 0.29) is 12.5 Å². The normalized spacial score (nSPS) is 10.3. The molecular formula is C30H40N6O4. The summed E-state index contributed by atoms with van der Waals surface area (Å²) in [6, 6.07) is 20.9. The number of nitrogens with two attached hydrogens (primary N) is 1. The number of hydrogen-bond donors (Lipinski definition) is 5. The Kier molecular flexibility index (Phi) is 12.1. The zero-order chi connectivity index (χ0) is 29.7. The number of ether oxygens (including phenoxy) is 2. The fourth-order valence-electron chi connectivity index (χ4n) is 3.29. The molecule has 1 aromatic heterocycles. The van der Waals surface area contributed by atoms with Crippen LogP contribution in [0.2, 0.25) is 0 Å². The van der Waals surface area contributed by atoms with Crippen LogP contribution >= 0.6 is 0 Å². The molecule has 0 radical (unpaired) electrons. The van der Waals surface area contributed by atoms with Gasteiger partial charge in [0.2, 0.25) is 5.91 Å². The van der Waals surface area contributed by atoms with Gasteiger partial charge in [0.15, 0.2) is 11.6 Å². The smallest absolute Gasteiger partial charge is 0.243 e. The fraction of sp³-hybridized carbons (Fsp3) is 0.300. The number of fused-ring (bicyclic) bond motifs is 1. The van der Waals surface area contributed by atoms with E-state index in [0.29, 0.717) is 23.1 Å². The van der Waals surface area contributed by atoms with Crippen molar-refractivity contribution < 1.29 is 19.4 Å². The van der Waals surface area contributed by atoms with Crippen molar-refractivity contribution in [2.45, 2.75) is 33.2 Å². The topological polar surface area (TPSA) is 144 Å². The van der Waals surface area contributed by atoms with Crippen LogP contribution in [0.15, 0.2) is 66.7 Å². The van der Waals surface area contributed by atoms with Crippen LogP contribution in [-0.2, 0) is 4.79 Å². The number of nitrogens with zero attached hydrogens (tertiary/aromatic N) is 2. The Hall–Kier alpha value is -4.41. The molecule has 40 heavy (non-hydrogen) atoms. The quantitative estimate of drug-likeness (QED) is 0.213. The van der Waals surface area contributed by atoms with E-state index < -0.39 is 5.54 Å². The molecule has 0 aliphatic carbocycles. The lowest BCUT2D eigenvalue weighted by Gasteiger charge is -2.17. The number of para-hydroxylation sites is 2. The molecule has 1 heterocycles. The number of benzene rings is 3. The SMILES string of the molecule is CCO.CNc1nc2ccccc2nc1Nc1cc(OC)cc(OC)c1.Cc1cccc(NC(=O)C(C)(C)N)c1. The second-order valence-corrected chi connectivity index (χ2v) is 9.25. The molecule has 4 aromatic rings. The van der Waals surface area contributed by atoms with Gasteiger partial charge in [-0.1, -0.05) is 24.3 Å². The number of carbonyl (C=O) groups is 1. The molecule has 0 atom stereocenters. The van der Waals surface area contributed by atoms with Crippen LogP contribution in [0.4, 0.5) is 23.0 Å². The number of aryl methyl sites for hydroxylation is 1. The first-order valence-electron chi connectivity index (χ1n) is 12.8. The van der Waals surface area contributed by atoms with Crippen molar-refractivity contribution in [3.8, 4) is 11.5 Å². The standard InChI is InChI=1S/C17H18N4O2.C11H16N2O.C2H6O/c1-18-16-17(21-15-7-5-4-6-14(15)20-16)19-11-8-12(22-2)10-13(9-11)23-3;1-8-5-4-6-9(7-8)13-10(14)11(2,3)12;1-2-3/h4-10H,1-3H3,(H,18,20)(H,19,21);4-7H,12H2,1-3H3,(H,13,14);3H,2H2,1H3. The van der Waals surface area contributed by atoms with Gasteiger partial charge < -0.3 is 36.3 Å². The highest BCUT2D eigenvalue weighted by molar-refractivity contribution is 5.97. The first-order valence-corrected chi connectivity index (χ1v) is 12.8. The maximum atomic E-state index is 11.5. The van der Waals surface area contributed by atoms with E-state index in [0.717, 1.165) is 28.0 Å². The highest BCUT2D eigenvalue weighted by Crippen LogP contribution is 2.30. The number of methoxy groups -OCH3 is 2. The van der Waals surface area contributed by atoms with Crippen LogP contribution in [0.5, 0.6) is 11.5 Å². The molecule has 6 N–H and O–H groups in total. The number of rotatable bonds is 7. The molecule has 0 saturated heterocycles. The lowest BCUT2D eigenvalue weighted by molar-refractivity contribution is -0.120. The van der Waals surface area contributed by atoms with E-state index in [1.54, 1.807) is 35.0 Å². The molecule has 0 spiro atoms. The third-order valence-electron chi connectivity index (χ3n) is 5.28. The van der Waals surface area contributed by atoms with Crippen molar-refractivity contribution >= 4 is 40.0 Å². The van der Waals surface area contributed by atoms with Crippen molar-refractivity contribution in [3.63, 3.8) is 0 Å². The van der Waals surface area contributed by atoms with E-state index in [2.05, 4.69) is 25.9 Å². The number of anilines is 4. The van der Waals surface area contributed by atoms with Gasteiger partial charge >= 0.3 is 0 Å². The van der Waals surface area contributed by atoms with Gasteiger partial charge in [0.1, 0.15) is 11.5 Å². The lowest BCUT2D eigenvalue weighted by atomic mass is 10.1. The van der Waals surface area contributed by atoms with Crippen molar-refractivity contribution in [2.24, 2.45) is 5.73 Å². The number of hydrogen-bond acceptors (Lipinski definition) is 9. The molecule has 0 bridgehead atoms. The zero-order valence-electron chi connectivity index (χ0n) is 24.2. The Balaban J connectivity index is 0.000000282. The lowest BCUT2D eigenvalue weighted by Crippen LogP contribution is -2.45. The minimum absolute atomic E-state index is 0.178. The van der Waals surface area contributed by atoms with Crippen molar-refractivity contribution in [2.75, 3.05) is 43.8 Å². The van der Waals surface area contributed by atoms with E-state index >= 15 is 0 Å². The highest BCUT2D eigenvalue weighted by atomic mass is 16.5. The highest BCUT2D eigenvalue weighted by Gasteiger charge is 2.21. The number of aromatic nitrogens is 2. The third-order valence-corrected chi connectivity index (χ3v) is 5.28. The molecule has 3 aromatic carbocycles. The Morgan fingerprint density at radius 1 is 0.900 bits per heavy atom. The average Bonchev–Trinajstić information content (AvgIpc) is 2.92. The second-order valence-electron chi connectivity index (χ2n) is 9.25. The summed E-state index contributed by atoms with van der Waals surface area (Å²) in [6.07, 6.45) is 0. The molecule has 214 valence electrons. The van der Waals surface area contributed by atoms with Crippen LogP contribution in [-0.4, -0.2) is 54.4 Å². The summed E-state index contributed by atoms with van der Waals surface area (Å²) < 4.78 is 10.6. The van der Waals surface area contributed by atoms with Gasteiger partial charge in [0.05, 0.1) is 30.8 Å². The van der Waals surface area contributed by atoms with Crippen molar-refractivity contribution in [1.29, 1.82) is 0 Å². The number of aliphatic hydroxyl groups excluding tert-OH is 1. The van der Waals surface area contributed by atoms with Gasteiger partial charge in [-0.3, -0.25) is 4.79 Å². The maximum absolute atomic E-state index is 11.5. The summed E-state index contributed by atoms with van der Waals surface area (Å²) in [6.45, 7) is 7.26. The summed E-state index contributed by atoms with van der Waals surface area (Å²) in [4.78, 5) is 20.7. The van der Waals surface area contributed by atoms with E-state index in [1.807, 2.05) is 80.7 Å². The van der Waals surface area contributed by atoms with Crippen LogP contribution in [0.1, 0.15) is 26.3 Å². The van der Waals surface area contributed by atoms with E-state index in [4.69, 9.17) is 20.3 Å². The minimum Gasteiger partial charge on any atom is -0.497 e. The number of amides is 1. The summed E-state index contributed by atoms with van der Waals surface area (Å²) >= 11 is 0. The molecule has 10 nitrogen and oxygen atoms in total. The Bertz CT molecular complexity index is 1370. The molecule has 0 saturated carbocycles. The van der Waals surface area contributed by atoms with Crippen LogP contribution in [0, 0.1) is 6.92 Å². The van der Waals surface area contributed by atoms with Gasteiger partial charge in [-0.25, -0.2) is 9.97 Å². The largest absolute Gasteiger partial charge is 0.497 e. The van der Waals surface area contributed by atoms with E-state index in [1.165, 1.54) is 0 Å². The molecular weight excluding hydrogens is 508 g/mol. The Morgan fingerprint density at radius 2 is 1.45 bits per heavy atom. The summed E-state index contributed by atoms with van der Waals surface area (Å²) in [5.74, 6) is 2.54. The minimum atomic E-state index is -0.844. The number of aliphatic hydroxyl groups is 1. The monoisotopic (exact) mass is 548 g/mol. The van der Waals surface area contributed by atoms with Crippen molar-refractivity contribution in [3.05, 3.63) is 72.3 Å². The fourth-order valence-corrected chi connectivity index (χ4v) is 3.29. The van der Waals surface area contributed by atoms with Gasteiger partial charge in [-0.2, -0.15) is 0 Å². The summed E-state index contributed by atoms with van der Waals surface area (Å²) in [5.41, 5.74) is 9.17. The maximum Gasteiger partial charge on any atom is 0.243 e. The van der Waals surface area contributed by atoms with Crippen LogP contribution in [0.3, 0.4) is 0 Å². The summed E-state index contributed by atoms with van der Waals surface area (Å²) in [7, 11) is 5.05. The molecule has 0 fully saturated rings. The first kappa shape index (κ1) is 31.8. The molecule has 10 heteroatoms. The first-order chi connectivity index (χ1) is 19.0. The molecule has 0 unspecified atom stereocenters. The Morgan fingerprint density at radius 3 is 1.93 bits per heavy atom. The predicted molar refractivity (Wildman–Crippen MR) is 163 cm³/mol. The third kappa shape index (κ3) is 9.72. The summed E-state index contributed by atoms with van der Waals surface area (Å²) in [5, 5.41) is 16.7. The van der Waals surface area contributed by atoms with Gasteiger partial charge in [-0.05, 0) is 57.5 Å². The van der Waals surface area contributed by atoms with Gasteiger partial charge in [-0.15, -0.1) is 0 Å². The van der Waals surface area contributed by atoms with Crippen LogP contribution < -0.4 is 31.2 Å².